The molecule has 0 atom stereocenters. The number of rotatable bonds is 1. The summed E-state index contributed by atoms with van der Waals surface area (Å²) in [5.74, 6) is 0. The highest BCUT2D eigenvalue weighted by atomic mass is 14.7. The molecule has 0 unspecified atom stereocenters. The van der Waals surface area contributed by atoms with Gasteiger partial charge in [0.1, 0.15) is 0 Å². The monoisotopic (exact) mass is 232 g/mol. The fourth-order valence-electron chi connectivity index (χ4n) is 2.13. The van der Waals surface area contributed by atoms with E-state index in [1.807, 2.05) is 24.3 Å². The highest BCUT2D eigenvalue weighted by Gasteiger charge is 2.03. The zero-order valence-electron chi connectivity index (χ0n) is 10.1. The lowest BCUT2D eigenvalue weighted by molar-refractivity contribution is 1.43. The van der Waals surface area contributed by atoms with Gasteiger partial charge in [0, 0.05) is 16.6 Å². The number of aryl methyl sites for hydroxylation is 1. The minimum Gasteiger partial charge on any atom is -0.355 e. The number of nitriles is 1. The first-order chi connectivity index (χ1) is 8.76. The molecule has 0 aliphatic carbocycles. The van der Waals surface area contributed by atoms with E-state index in [2.05, 4.69) is 42.2 Å². The number of nitrogens with zero attached hydrogens (tertiary/aromatic N) is 1. The third-order valence-electron chi connectivity index (χ3n) is 3.10. The van der Waals surface area contributed by atoms with Gasteiger partial charge in [0.05, 0.1) is 11.6 Å². The van der Waals surface area contributed by atoms with Crippen LogP contribution in [0.5, 0.6) is 0 Å². The summed E-state index contributed by atoms with van der Waals surface area (Å²) in [6.07, 6.45) is 0. The topological polar surface area (TPSA) is 39.6 Å². The molecule has 0 amide bonds. The van der Waals surface area contributed by atoms with Gasteiger partial charge in [0.25, 0.3) is 0 Å². The minimum absolute atomic E-state index is 0.686. The molecule has 0 aliphatic rings. The molecule has 3 aromatic rings. The molecule has 2 aromatic carbocycles. The summed E-state index contributed by atoms with van der Waals surface area (Å²) in [6, 6.07) is 18.2. The van der Waals surface area contributed by atoms with Crippen molar-refractivity contribution in [2.75, 3.05) is 0 Å². The molecule has 0 fully saturated rings. The van der Waals surface area contributed by atoms with Gasteiger partial charge in [-0.25, -0.2) is 0 Å². The average molecular weight is 232 g/mol. The largest absolute Gasteiger partial charge is 0.355 e. The van der Waals surface area contributed by atoms with Crippen LogP contribution in [0.2, 0.25) is 0 Å². The van der Waals surface area contributed by atoms with Gasteiger partial charge < -0.3 is 4.98 Å². The molecule has 0 radical (unpaired) electrons. The molecule has 0 saturated carbocycles. The SMILES string of the molecule is Cc1ccc2[nH]c(-c3ccc(C#N)cc3)cc2c1. The van der Waals surface area contributed by atoms with Crippen molar-refractivity contribution in [2.45, 2.75) is 6.92 Å². The van der Waals surface area contributed by atoms with Crippen molar-refractivity contribution >= 4 is 10.9 Å². The number of nitrogens with one attached hydrogen (secondary N) is 1. The standard InChI is InChI=1S/C16H12N2/c1-11-2-7-15-14(8-11)9-16(18-15)13-5-3-12(10-17)4-6-13/h2-9,18H,1H3. The summed E-state index contributed by atoms with van der Waals surface area (Å²) in [4.78, 5) is 3.39. The Balaban J connectivity index is 2.10. The first-order valence-electron chi connectivity index (χ1n) is 5.86. The quantitative estimate of drug-likeness (QED) is 0.676. The van der Waals surface area contributed by atoms with Crippen LogP contribution >= 0.6 is 0 Å². The predicted octanol–water partition coefficient (Wildman–Crippen LogP) is 4.02. The highest BCUT2D eigenvalue weighted by molar-refractivity contribution is 5.86. The van der Waals surface area contributed by atoms with Crippen LogP contribution in [-0.2, 0) is 0 Å². The number of aromatic nitrogens is 1. The summed E-state index contributed by atoms with van der Waals surface area (Å²) in [5, 5.41) is 10.0. The van der Waals surface area contributed by atoms with Crippen molar-refractivity contribution in [3.8, 4) is 17.3 Å². The van der Waals surface area contributed by atoms with Crippen molar-refractivity contribution < 1.29 is 0 Å². The van der Waals surface area contributed by atoms with Gasteiger partial charge in [-0.15, -0.1) is 0 Å². The van der Waals surface area contributed by atoms with E-state index in [0.29, 0.717) is 5.56 Å². The molecule has 86 valence electrons. The Hall–Kier alpha value is -2.53. The van der Waals surface area contributed by atoms with E-state index in [0.717, 1.165) is 16.8 Å². The molecule has 18 heavy (non-hydrogen) atoms. The first-order valence-corrected chi connectivity index (χ1v) is 5.86. The summed E-state index contributed by atoms with van der Waals surface area (Å²) < 4.78 is 0. The van der Waals surface area contributed by atoms with Crippen LogP contribution < -0.4 is 0 Å². The highest BCUT2D eigenvalue weighted by Crippen LogP contribution is 2.24. The number of hydrogen-bond acceptors (Lipinski definition) is 1. The van der Waals surface area contributed by atoms with Crippen molar-refractivity contribution in [3.05, 3.63) is 59.7 Å². The molecular formula is C16H12N2. The van der Waals surface area contributed by atoms with E-state index >= 15 is 0 Å². The molecule has 0 spiro atoms. The maximum atomic E-state index is 8.79. The van der Waals surface area contributed by atoms with Gasteiger partial charge >= 0.3 is 0 Å². The van der Waals surface area contributed by atoms with E-state index in [9.17, 15) is 0 Å². The fourth-order valence-corrected chi connectivity index (χ4v) is 2.13. The third kappa shape index (κ3) is 1.76. The number of H-pyrrole nitrogens is 1. The lowest BCUT2D eigenvalue weighted by Gasteiger charge is -1.96. The molecular weight excluding hydrogens is 220 g/mol. The number of fused-ring (bicyclic) bond motifs is 1. The second kappa shape index (κ2) is 4.05. The summed E-state index contributed by atoms with van der Waals surface area (Å²) in [6.45, 7) is 2.09. The summed E-state index contributed by atoms with van der Waals surface area (Å²) >= 11 is 0. The molecule has 1 heterocycles. The van der Waals surface area contributed by atoms with Gasteiger partial charge in [-0.1, -0.05) is 23.8 Å². The zero-order chi connectivity index (χ0) is 12.5. The second-order valence-corrected chi connectivity index (χ2v) is 4.46. The van der Waals surface area contributed by atoms with E-state index in [1.54, 1.807) is 0 Å². The third-order valence-corrected chi connectivity index (χ3v) is 3.10. The second-order valence-electron chi connectivity index (χ2n) is 4.46. The van der Waals surface area contributed by atoms with Crippen LogP contribution in [0.15, 0.2) is 48.5 Å². The molecule has 1 aromatic heterocycles. The molecule has 3 rings (SSSR count). The van der Waals surface area contributed by atoms with Crippen molar-refractivity contribution in [1.82, 2.24) is 4.98 Å². The average Bonchev–Trinajstić information content (AvgIpc) is 2.81. The molecule has 0 saturated heterocycles. The number of aromatic amines is 1. The van der Waals surface area contributed by atoms with E-state index in [-0.39, 0.29) is 0 Å². The molecule has 2 nitrogen and oxygen atoms in total. The smallest absolute Gasteiger partial charge is 0.0991 e. The van der Waals surface area contributed by atoms with E-state index in [1.165, 1.54) is 10.9 Å². The minimum atomic E-state index is 0.686. The lowest BCUT2D eigenvalue weighted by atomic mass is 10.1. The van der Waals surface area contributed by atoms with E-state index < -0.39 is 0 Å². The Bertz CT molecular complexity index is 743. The van der Waals surface area contributed by atoms with Crippen molar-refractivity contribution in [3.63, 3.8) is 0 Å². The first kappa shape index (κ1) is 10.6. The zero-order valence-corrected chi connectivity index (χ0v) is 10.1. The fraction of sp³-hybridized carbons (Fsp3) is 0.0625. The van der Waals surface area contributed by atoms with Gasteiger partial charge in [-0.2, -0.15) is 5.26 Å². The molecule has 0 bridgehead atoms. The van der Waals surface area contributed by atoms with Crippen LogP contribution in [0, 0.1) is 18.3 Å². The number of hydrogen-bond donors (Lipinski definition) is 1. The Morgan fingerprint density at radius 3 is 2.50 bits per heavy atom. The Kier molecular flexibility index (Phi) is 2.39. The van der Waals surface area contributed by atoms with Crippen LogP contribution in [0.4, 0.5) is 0 Å². The lowest BCUT2D eigenvalue weighted by Crippen LogP contribution is -1.78. The van der Waals surface area contributed by atoms with Crippen LogP contribution in [0.1, 0.15) is 11.1 Å². The van der Waals surface area contributed by atoms with Crippen LogP contribution in [0.25, 0.3) is 22.2 Å². The van der Waals surface area contributed by atoms with Crippen molar-refractivity contribution in [1.29, 1.82) is 5.26 Å². The Morgan fingerprint density at radius 1 is 1.00 bits per heavy atom. The maximum absolute atomic E-state index is 8.79. The van der Waals surface area contributed by atoms with Gasteiger partial charge in [-0.05, 0) is 42.8 Å². The summed E-state index contributed by atoms with van der Waals surface area (Å²) in [5.41, 5.74) is 5.27. The van der Waals surface area contributed by atoms with Gasteiger partial charge in [0.2, 0.25) is 0 Å². The van der Waals surface area contributed by atoms with Crippen LogP contribution in [-0.4, -0.2) is 4.98 Å². The normalized spacial score (nSPS) is 10.4. The van der Waals surface area contributed by atoms with Crippen molar-refractivity contribution in [2.24, 2.45) is 0 Å². The maximum Gasteiger partial charge on any atom is 0.0991 e. The molecule has 1 N–H and O–H groups in total. The Morgan fingerprint density at radius 2 is 1.78 bits per heavy atom. The van der Waals surface area contributed by atoms with Crippen LogP contribution in [0.3, 0.4) is 0 Å². The van der Waals surface area contributed by atoms with Gasteiger partial charge in [0.15, 0.2) is 0 Å². The van der Waals surface area contributed by atoms with Gasteiger partial charge in [-0.3, -0.25) is 0 Å². The Labute approximate surface area is 106 Å². The predicted molar refractivity (Wildman–Crippen MR) is 73.2 cm³/mol. The molecule has 0 aliphatic heterocycles. The van der Waals surface area contributed by atoms with E-state index in [4.69, 9.17) is 5.26 Å². The number of benzene rings is 2. The molecule has 2 heteroatoms. The summed E-state index contributed by atoms with van der Waals surface area (Å²) in [7, 11) is 0.